The van der Waals surface area contributed by atoms with Crippen molar-refractivity contribution in [3.05, 3.63) is 0 Å². The monoisotopic (exact) mass is 333 g/mol. The second-order valence-electron chi connectivity index (χ2n) is 5.82. The maximum Gasteiger partial charge on any atom is 0.249 e. The van der Waals surface area contributed by atoms with E-state index in [4.69, 9.17) is 14.6 Å². The molecule has 128 valence electrons. The zero-order chi connectivity index (χ0) is 15.9. The molecule has 1 saturated heterocycles. The molecule has 2 aliphatic heterocycles. The van der Waals surface area contributed by atoms with E-state index < -0.39 is 30.6 Å². The highest BCUT2D eigenvalue weighted by atomic mass is 32.2. The predicted octanol–water partition coefficient (Wildman–Crippen LogP) is 1.27. The fourth-order valence-electron chi connectivity index (χ4n) is 2.67. The smallest absolute Gasteiger partial charge is 0.249 e. The topological polar surface area (TPSA) is 91.5 Å². The molecule has 0 aromatic rings. The van der Waals surface area contributed by atoms with Crippen LogP contribution in [-0.4, -0.2) is 63.6 Å². The third-order valence-electron chi connectivity index (χ3n) is 4.04. The first-order valence-corrected chi connectivity index (χ1v) is 9.15. The summed E-state index contributed by atoms with van der Waals surface area (Å²) in [4.78, 5) is 4.29. The number of aliphatic imine (C=N–C) groups is 1. The Balaban J connectivity index is 1.69. The lowest BCUT2D eigenvalue weighted by atomic mass is 9.99. The minimum atomic E-state index is -1.15. The molecule has 0 radical (unpaired) electrons. The molecule has 0 aliphatic carbocycles. The van der Waals surface area contributed by atoms with Crippen molar-refractivity contribution >= 4 is 17.0 Å². The van der Waals surface area contributed by atoms with Gasteiger partial charge in [0.2, 0.25) is 5.23 Å². The van der Waals surface area contributed by atoms with Crippen LogP contribution in [-0.2, 0) is 9.47 Å². The zero-order valence-electron chi connectivity index (χ0n) is 13.1. The third-order valence-corrected chi connectivity index (χ3v) is 4.98. The molecule has 0 saturated carbocycles. The van der Waals surface area contributed by atoms with Crippen molar-refractivity contribution in [2.45, 2.75) is 76.1 Å². The minimum Gasteiger partial charge on any atom is -0.462 e. The summed E-state index contributed by atoms with van der Waals surface area (Å²) >= 11 is 1.52. The first-order chi connectivity index (χ1) is 10.7. The van der Waals surface area contributed by atoms with Crippen LogP contribution in [0.5, 0.6) is 0 Å². The average Bonchev–Trinajstić information content (AvgIpc) is 2.93. The molecule has 22 heavy (non-hydrogen) atoms. The van der Waals surface area contributed by atoms with Crippen LogP contribution in [0.3, 0.4) is 0 Å². The molecule has 2 rings (SSSR count). The van der Waals surface area contributed by atoms with Crippen molar-refractivity contribution in [2.24, 2.45) is 4.99 Å². The Morgan fingerprint density at radius 3 is 2.55 bits per heavy atom. The fourth-order valence-corrected chi connectivity index (χ4v) is 3.55. The molecule has 3 N–H and O–H groups in total. The van der Waals surface area contributed by atoms with Gasteiger partial charge in [0.1, 0.15) is 18.3 Å². The van der Waals surface area contributed by atoms with Crippen LogP contribution in [0.4, 0.5) is 0 Å². The lowest BCUT2D eigenvalue weighted by Gasteiger charge is -2.36. The van der Waals surface area contributed by atoms with Crippen LogP contribution < -0.4 is 0 Å². The number of hydrogen-bond acceptors (Lipinski definition) is 7. The largest absolute Gasteiger partial charge is 0.462 e. The van der Waals surface area contributed by atoms with Gasteiger partial charge in [-0.25, -0.2) is 4.99 Å². The summed E-state index contributed by atoms with van der Waals surface area (Å²) in [7, 11) is 0. The van der Waals surface area contributed by atoms with Gasteiger partial charge < -0.3 is 24.8 Å². The van der Waals surface area contributed by atoms with Gasteiger partial charge >= 0.3 is 0 Å². The zero-order valence-corrected chi connectivity index (χ0v) is 13.9. The summed E-state index contributed by atoms with van der Waals surface area (Å²) < 4.78 is 11.0. The summed E-state index contributed by atoms with van der Waals surface area (Å²) in [6.45, 7) is 1.86. The van der Waals surface area contributed by atoms with Gasteiger partial charge in [0.25, 0.3) is 0 Å². The second-order valence-corrected chi connectivity index (χ2v) is 6.87. The number of hydrogen-bond donors (Lipinski definition) is 3. The van der Waals surface area contributed by atoms with Gasteiger partial charge in [-0.2, -0.15) is 0 Å². The van der Waals surface area contributed by atoms with Crippen molar-refractivity contribution in [3.8, 4) is 0 Å². The summed E-state index contributed by atoms with van der Waals surface area (Å²) in [6.07, 6.45) is 3.06. The van der Waals surface area contributed by atoms with Crippen molar-refractivity contribution in [3.63, 3.8) is 0 Å². The van der Waals surface area contributed by atoms with Gasteiger partial charge in [-0.05, 0) is 6.42 Å². The van der Waals surface area contributed by atoms with E-state index in [0.29, 0.717) is 5.23 Å². The summed E-state index contributed by atoms with van der Waals surface area (Å²) in [6, 6.07) is 0. The van der Waals surface area contributed by atoms with E-state index in [1.54, 1.807) is 0 Å². The van der Waals surface area contributed by atoms with Gasteiger partial charge in [0.05, 0.1) is 6.61 Å². The van der Waals surface area contributed by atoms with E-state index in [2.05, 4.69) is 11.9 Å². The lowest BCUT2D eigenvalue weighted by molar-refractivity contribution is -0.213. The molecule has 0 aromatic heterocycles. The quantitative estimate of drug-likeness (QED) is 0.580. The summed E-state index contributed by atoms with van der Waals surface area (Å²) in [5.41, 5.74) is 0. The number of fused-ring (bicyclic) bond motifs is 1. The van der Waals surface area contributed by atoms with Crippen molar-refractivity contribution < 1.29 is 24.8 Å². The van der Waals surface area contributed by atoms with Crippen LogP contribution >= 0.6 is 11.8 Å². The number of aliphatic hydroxyl groups excluding tert-OH is 3. The molecule has 0 spiro atoms. The van der Waals surface area contributed by atoms with E-state index >= 15 is 0 Å². The molecule has 0 bridgehead atoms. The van der Waals surface area contributed by atoms with E-state index in [-0.39, 0.29) is 6.61 Å². The Hall–Kier alpha value is -0.340. The van der Waals surface area contributed by atoms with Crippen LogP contribution in [0.1, 0.15) is 45.4 Å². The third kappa shape index (κ3) is 4.58. The normalized spacial score (nSPS) is 34.2. The molecule has 6 nitrogen and oxygen atoms in total. The van der Waals surface area contributed by atoms with E-state index in [9.17, 15) is 10.2 Å². The molecule has 0 unspecified atom stereocenters. The summed E-state index contributed by atoms with van der Waals surface area (Å²) in [5, 5.41) is 29.5. The minimum absolute atomic E-state index is 0.350. The highest BCUT2D eigenvalue weighted by molar-refractivity contribution is 8.13. The molecule has 2 aliphatic rings. The number of thioether (sulfide) groups is 1. The maximum atomic E-state index is 10.0. The molecule has 1 fully saturated rings. The van der Waals surface area contributed by atoms with Gasteiger partial charge in [-0.3, -0.25) is 0 Å². The molecular weight excluding hydrogens is 306 g/mol. The molecule has 2 heterocycles. The standard InChI is InChI=1S/C15H27NO5S/c1-2-3-4-5-6-7-8-22-15-16-14-13(21-15)12(19)11(18)10(9-17)20-14/h10-14,17-19H,2-9H2,1H3/t10-,11-,12+,13-,14+/m1/s1. The number of nitrogens with zero attached hydrogens (tertiary/aromatic N) is 1. The Morgan fingerprint density at radius 2 is 1.82 bits per heavy atom. The molecule has 7 heteroatoms. The van der Waals surface area contributed by atoms with Crippen LogP contribution in [0.15, 0.2) is 4.99 Å². The first-order valence-electron chi connectivity index (χ1n) is 8.17. The van der Waals surface area contributed by atoms with Gasteiger partial charge in [-0.15, -0.1) is 0 Å². The highest BCUT2D eigenvalue weighted by Gasteiger charge is 2.49. The van der Waals surface area contributed by atoms with E-state index in [1.807, 2.05) is 0 Å². The average molecular weight is 333 g/mol. The van der Waals surface area contributed by atoms with Gasteiger partial charge in [0, 0.05) is 5.75 Å². The van der Waals surface area contributed by atoms with Gasteiger partial charge in [-0.1, -0.05) is 50.8 Å². The number of rotatable bonds is 8. The lowest BCUT2D eigenvalue weighted by Crippen LogP contribution is -2.57. The number of ether oxygens (including phenoxy) is 2. The van der Waals surface area contributed by atoms with Crippen LogP contribution in [0.25, 0.3) is 0 Å². The number of aliphatic hydroxyl groups is 3. The molecule has 5 atom stereocenters. The van der Waals surface area contributed by atoms with E-state index in [1.165, 1.54) is 43.9 Å². The fraction of sp³-hybridized carbons (Fsp3) is 0.933. The molecular formula is C15H27NO5S. The number of unbranched alkanes of at least 4 members (excludes halogenated alkanes) is 5. The SMILES string of the molecule is CCCCCCCCSC1=N[C@H]2O[C@H](CO)[C@@H](O)[C@H](O)[C@H]2O1. The van der Waals surface area contributed by atoms with Crippen molar-refractivity contribution in [2.75, 3.05) is 12.4 Å². The van der Waals surface area contributed by atoms with E-state index in [0.717, 1.165) is 12.2 Å². The Labute approximate surface area is 135 Å². The Morgan fingerprint density at radius 1 is 1.09 bits per heavy atom. The Bertz CT molecular complexity index is 368. The van der Waals surface area contributed by atoms with Crippen molar-refractivity contribution in [1.82, 2.24) is 0 Å². The molecule has 0 amide bonds. The van der Waals surface area contributed by atoms with Crippen molar-refractivity contribution in [1.29, 1.82) is 0 Å². The van der Waals surface area contributed by atoms with Gasteiger partial charge in [0.15, 0.2) is 12.3 Å². The highest BCUT2D eigenvalue weighted by Crippen LogP contribution is 2.31. The molecule has 0 aromatic carbocycles. The van der Waals surface area contributed by atoms with Crippen LogP contribution in [0, 0.1) is 0 Å². The second kappa shape index (κ2) is 9.08. The predicted molar refractivity (Wildman–Crippen MR) is 85.9 cm³/mol. The summed E-state index contributed by atoms with van der Waals surface area (Å²) in [5.74, 6) is 0.923. The van der Waals surface area contributed by atoms with Crippen LogP contribution in [0.2, 0.25) is 0 Å². The maximum absolute atomic E-state index is 10.0. The Kier molecular flexibility index (Phi) is 7.43. The first kappa shape index (κ1) is 18.0.